The van der Waals surface area contributed by atoms with Gasteiger partial charge in [-0.05, 0) is 55.8 Å². The summed E-state index contributed by atoms with van der Waals surface area (Å²) in [6.45, 7) is 4.21. The largest absolute Gasteiger partial charge is 0.462 e. The quantitative estimate of drug-likeness (QED) is 0.385. The molecule has 0 saturated heterocycles. The van der Waals surface area contributed by atoms with Crippen LogP contribution in [-0.2, 0) is 4.74 Å². The zero-order chi connectivity index (χ0) is 20.4. The van der Waals surface area contributed by atoms with Crippen molar-refractivity contribution in [3.05, 3.63) is 70.3 Å². The molecule has 2 aromatic carbocycles. The highest BCUT2D eigenvalue weighted by Gasteiger charge is 2.17. The first-order valence-corrected chi connectivity index (χ1v) is 10.3. The van der Waals surface area contributed by atoms with Crippen LogP contribution in [0.3, 0.4) is 0 Å². The van der Waals surface area contributed by atoms with Gasteiger partial charge in [-0.1, -0.05) is 23.7 Å². The Kier molecular flexibility index (Phi) is 5.47. The van der Waals surface area contributed by atoms with E-state index in [1.54, 1.807) is 36.7 Å². The number of anilines is 2. The van der Waals surface area contributed by atoms with Gasteiger partial charge in [-0.2, -0.15) is 0 Å². The van der Waals surface area contributed by atoms with Gasteiger partial charge in [-0.25, -0.2) is 14.8 Å². The van der Waals surface area contributed by atoms with Crippen LogP contribution < -0.4 is 5.32 Å². The van der Waals surface area contributed by atoms with E-state index in [1.807, 2.05) is 36.4 Å². The summed E-state index contributed by atoms with van der Waals surface area (Å²) in [6.07, 6.45) is 1.55. The molecule has 1 N–H and O–H groups in total. The molecule has 0 aliphatic heterocycles. The highest BCUT2D eigenvalue weighted by atomic mass is 35.5. The van der Waals surface area contributed by atoms with Crippen molar-refractivity contribution >= 4 is 50.6 Å². The smallest absolute Gasteiger partial charge is 0.338 e. The van der Waals surface area contributed by atoms with Gasteiger partial charge in [0.05, 0.1) is 17.6 Å². The van der Waals surface area contributed by atoms with Crippen LogP contribution in [0.5, 0.6) is 0 Å². The molecule has 0 fully saturated rings. The number of aryl methyl sites for hydroxylation is 1. The Hall–Kier alpha value is -2.96. The van der Waals surface area contributed by atoms with Crippen molar-refractivity contribution < 1.29 is 9.53 Å². The Bertz CT molecular complexity index is 1170. The number of ether oxygens (including phenoxy) is 1. The zero-order valence-corrected chi connectivity index (χ0v) is 17.5. The van der Waals surface area contributed by atoms with E-state index in [-0.39, 0.29) is 5.97 Å². The SMILES string of the molecule is CCOC(=O)c1ccc(Nc2ncnc3sc(C)c(-c4ccc(Cl)cc4)c23)cc1. The van der Waals surface area contributed by atoms with E-state index in [1.165, 1.54) is 0 Å². The average Bonchev–Trinajstić information content (AvgIpc) is 3.06. The van der Waals surface area contributed by atoms with Gasteiger partial charge in [0, 0.05) is 21.2 Å². The Balaban J connectivity index is 1.73. The molecular weight excluding hydrogens is 406 g/mol. The van der Waals surface area contributed by atoms with E-state index >= 15 is 0 Å². The molecule has 0 saturated carbocycles. The fraction of sp³-hybridized carbons (Fsp3) is 0.136. The zero-order valence-electron chi connectivity index (χ0n) is 15.9. The molecule has 0 radical (unpaired) electrons. The highest BCUT2D eigenvalue weighted by molar-refractivity contribution is 7.19. The van der Waals surface area contributed by atoms with Crippen LogP contribution in [0.15, 0.2) is 54.9 Å². The van der Waals surface area contributed by atoms with E-state index in [4.69, 9.17) is 16.3 Å². The van der Waals surface area contributed by atoms with Gasteiger partial charge < -0.3 is 10.1 Å². The van der Waals surface area contributed by atoms with Gasteiger partial charge in [0.2, 0.25) is 0 Å². The number of carbonyl (C=O) groups excluding carboxylic acids is 1. The molecular formula is C22H18ClN3O2S. The molecule has 2 aromatic heterocycles. The minimum Gasteiger partial charge on any atom is -0.462 e. The molecule has 0 spiro atoms. The molecule has 0 aliphatic carbocycles. The number of aromatic nitrogens is 2. The Labute approximate surface area is 177 Å². The lowest BCUT2D eigenvalue weighted by Crippen LogP contribution is -2.04. The Morgan fingerprint density at radius 1 is 1.10 bits per heavy atom. The second kappa shape index (κ2) is 8.19. The molecule has 146 valence electrons. The van der Waals surface area contributed by atoms with Crippen LogP contribution in [0.2, 0.25) is 5.02 Å². The standard InChI is InChI=1S/C22H18ClN3O2S/c1-3-28-22(27)15-6-10-17(11-7-15)26-20-19-18(14-4-8-16(23)9-5-14)13(2)29-21(19)25-12-24-20/h4-12H,3H2,1-2H3,(H,24,25,26). The third-order valence-corrected chi connectivity index (χ3v) is 5.72. The van der Waals surface area contributed by atoms with Crippen molar-refractivity contribution in [1.82, 2.24) is 9.97 Å². The summed E-state index contributed by atoms with van der Waals surface area (Å²) in [5.74, 6) is 0.384. The molecule has 0 bridgehead atoms. The first-order valence-electron chi connectivity index (χ1n) is 9.11. The molecule has 0 atom stereocenters. The number of nitrogens with one attached hydrogen (secondary N) is 1. The summed E-state index contributed by atoms with van der Waals surface area (Å²) in [4.78, 5) is 22.8. The predicted molar refractivity (Wildman–Crippen MR) is 118 cm³/mol. The summed E-state index contributed by atoms with van der Waals surface area (Å²) in [5.41, 5.74) is 3.49. The molecule has 2 heterocycles. The van der Waals surface area contributed by atoms with E-state index in [9.17, 15) is 4.79 Å². The number of esters is 1. The van der Waals surface area contributed by atoms with Crippen LogP contribution in [0.1, 0.15) is 22.2 Å². The van der Waals surface area contributed by atoms with Gasteiger partial charge in [0.1, 0.15) is 17.0 Å². The molecule has 0 aliphatic rings. The van der Waals surface area contributed by atoms with Crippen LogP contribution in [0.25, 0.3) is 21.3 Å². The molecule has 5 nitrogen and oxygen atoms in total. The predicted octanol–water partition coefficient (Wildman–Crippen LogP) is 6.24. The molecule has 29 heavy (non-hydrogen) atoms. The molecule has 0 amide bonds. The number of hydrogen-bond donors (Lipinski definition) is 1. The highest BCUT2D eigenvalue weighted by Crippen LogP contribution is 2.41. The van der Waals surface area contributed by atoms with Gasteiger partial charge in [-0.15, -0.1) is 11.3 Å². The number of rotatable bonds is 5. The van der Waals surface area contributed by atoms with Crippen LogP contribution in [-0.4, -0.2) is 22.5 Å². The van der Waals surface area contributed by atoms with Crippen LogP contribution in [0.4, 0.5) is 11.5 Å². The minimum absolute atomic E-state index is 0.332. The van der Waals surface area contributed by atoms with Crippen LogP contribution >= 0.6 is 22.9 Å². The van der Waals surface area contributed by atoms with Crippen molar-refractivity contribution in [1.29, 1.82) is 0 Å². The first-order chi connectivity index (χ1) is 14.1. The lowest BCUT2D eigenvalue weighted by Gasteiger charge is -2.10. The summed E-state index contributed by atoms with van der Waals surface area (Å²) >= 11 is 7.69. The normalized spacial score (nSPS) is 10.9. The number of hydrogen-bond acceptors (Lipinski definition) is 6. The van der Waals surface area contributed by atoms with Crippen molar-refractivity contribution in [2.75, 3.05) is 11.9 Å². The van der Waals surface area contributed by atoms with Crippen molar-refractivity contribution in [3.63, 3.8) is 0 Å². The second-order valence-corrected chi connectivity index (χ2v) is 8.01. The third-order valence-electron chi connectivity index (χ3n) is 4.46. The Morgan fingerprint density at radius 3 is 2.52 bits per heavy atom. The van der Waals surface area contributed by atoms with E-state index in [0.717, 1.165) is 31.9 Å². The number of carbonyl (C=O) groups is 1. The van der Waals surface area contributed by atoms with Crippen molar-refractivity contribution in [2.45, 2.75) is 13.8 Å². The van der Waals surface area contributed by atoms with E-state index < -0.39 is 0 Å². The fourth-order valence-corrected chi connectivity index (χ4v) is 4.28. The maximum Gasteiger partial charge on any atom is 0.338 e. The van der Waals surface area contributed by atoms with Gasteiger partial charge in [0.15, 0.2) is 0 Å². The van der Waals surface area contributed by atoms with Gasteiger partial charge >= 0.3 is 5.97 Å². The summed E-state index contributed by atoms with van der Waals surface area (Å²) in [5, 5.41) is 5.02. The monoisotopic (exact) mass is 423 g/mol. The molecule has 4 rings (SSSR count). The van der Waals surface area contributed by atoms with Gasteiger partial charge in [0.25, 0.3) is 0 Å². The number of halogens is 1. The van der Waals surface area contributed by atoms with E-state index in [0.29, 0.717) is 23.0 Å². The number of fused-ring (bicyclic) bond motifs is 1. The minimum atomic E-state index is -0.332. The average molecular weight is 424 g/mol. The lowest BCUT2D eigenvalue weighted by molar-refractivity contribution is 0.0526. The first kappa shape index (κ1) is 19.4. The lowest BCUT2D eigenvalue weighted by atomic mass is 10.0. The van der Waals surface area contributed by atoms with E-state index in [2.05, 4.69) is 22.2 Å². The summed E-state index contributed by atoms with van der Waals surface area (Å²) < 4.78 is 5.03. The van der Waals surface area contributed by atoms with Gasteiger partial charge in [-0.3, -0.25) is 0 Å². The third kappa shape index (κ3) is 3.95. The topological polar surface area (TPSA) is 64.1 Å². The summed E-state index contributed by atoms with van der Waals surface area (Å²) in [7, 11) is 0. The van der Waals surface area contributed by atoms with Crippen molar-refractivity contribution in [2.24, 2.45) is 0 Å². The number of benzene rings is 2. The molecule has 4 aromatic rings. The Morgan fingerprint density at radius 2 is 1.83 bits per heavy atom. The maximum atomic E-state index is 11.8. The summed E-state index contributed by atoms with van der Waals surface area (Å²) in [6, 6.07) is 14.9. The second-order valence-electron chi connectivity index (χ2n) is 6.37. The molecule has 7 heteroatoms. The fourth-order valence-electron chi connectivity index (χ4n) is 3.14. The number of thiophene rings is 1. The molecule has 0 unspecified atom stereocenters. The number of nitrogens with zero attached hydrogens (tertiary/aromatic N) is 2. The maximum absolute atomic E-state index is 11.8. The van der Waals surface area contributed by atoms with Crippen LogP contribution in [0, 0.1) is 6.92 Å². The van der Waals surface area contributed by atoms with Crippen molar-refractivity contribution in [3.8, 4) is 11.1 Å².